The van der Waals surface area contributed by atoms with E-state index in [0.717, 1.165) is 57.8 Å². The molecule has 320 valence electrons. The standard InChI is InChI=1S/C40H76N6O9/c1-3-5-7-9-11-13-14-15-17-19-21-23-25-45(36(51)24-22-20-18-16-12-10-8-6-4-2)40(26-32(48)39(54)33(31-47)55-40)46(37(52)29-43-34(49)27-41)38(53)30-44-35(50)28-42/h32-33,39,47-48,54H,3-31,41-42H2,1-2H3,(H,43,49)(H,44,50)/t32-,33-,39+,40-/m1/s1. The van der Waals surface area contributed by atoms with Crippen LogP contribution in [0.25, 0.3) is 0 Å². The molecule has 0 aromatic rings. The molecule has 0 aromatic carbocycles. The quantitative estimate of drug-likeness (QED) is 0.0387. The van der Waals surface area contributed by atoms with Crippen LogP contribution in [-0.2, 0) is 28.7 Å². The molecule has 1 saturated heterocycles. The van der Waals surface area contributed by atoms with Crippen LogP contribution >= 0.6 is 0 Å². The van der Waals surface area contributed by atoms with Gasteiger partial charge in [-0.15, -0.1) is 0 Å². The van der Waals surface area contributed by atoms with E-state index in [2.05, 4.69) is 24.5 Å². The van der Waals surface area contributed by atoms with Crippen LogP contribution in [0.1, 0.15) is 162 Å². The van der Waals surface area contributed by atoms with E-state index in [4.69, 9.17) is 16.2 Å². The zero-order valence-electron chi connectivity index (χ0n) is 34.1. The van der Waals surface area contributed by atoms with Crippen molar-refractivity contribution in [1.29, 1.82) is 0 Å². The van der Waals surface area contributed by atoms with Crippen molar-refractivity contribution in [3.8, 4) is 0 Å². The Morgan fingerprint density at radius 2 is 1.04 bits per heavy atom. The first-order valence-corrected chi connectivity index (χ1v) is 21.3. The number of ether oxygens (including phenoxy) is 1. The highest BCUT2D eigenvalue weighted by molar-refractivity contribution is 6.00. The van der Waals surface area contributed by atoms with Gasteiger partial charge in [-0.3, -0.25) is 28.9 Å². The minimum Gasteiger partial charge on any atom is -0.394 e. The predicted octanol–water partition coefficient (Wildman–Crippen LogP) is 3.10. The molecule has 55 heavy (non-hydrogen) atoms. The number of aliphatic hydroxyl groups is 3. The molecule has 9 N–H and O–H groups in total. The fourth-order valence-electron chi connectivity index (χ4n) is 7.09. The first-order valence-electron chi connectivity index (χ1n) is 21.3. The lowest BCUT2D eigenvalue weighted by molar-refractivity contribution is -0.312. The summed E-state index contributed by atoms with van der Waals surface area (Å²) in [5.41, 5.74) is 10.9. The van der Waals surface area contributed by atoms with E-state index in [-0.39, 0.29) is 13.0 Å². The number of imide groups is 1. The van der Waals surface area contributed by atoms with Crippen LogP contribution in [0.5, 0.6) is 0 Å². The van der Waals surface area contributed by atoms with Gasteiger partial charge in [-0.2, -0.15) is 0 Å². The molecule has 0 aromatic heterocycles. The molecule has 0 spiro atoms. The van der Waals surface area contributed by atoms with Crippen molar-refractivity contribution in [2.75, 3.05) is 39.3 Å². The van der Waals surface area contributed by atoms with E-state index in [9.17, 15) is 39.3 Å². The van der Waals surface area contributed by atoms with Crippen molar-refractivity contribution >= 4 is 29.5 Å². The molecule has 1 heterocycles. The first-order chi connectivity index (χ1) is 26.5. The summed E-state index contributed by atoms with van der Waals surface area (Å²) in [5, 5.41) is 36.9. The van der Waals surface area contributed by atoms with Crippen LogP contribution in [0.2, 0.25) is 0 Å². The van der Waals surface area contributed by atoms with Gasteiger partial charge in [-0.05, 0) is 12.8 Å². The van der Waals surface area contributed by atoms with Crippen LogP contribution in [0.3, 0.4) is 0 Å². The molecule has 0 radical (unpaired) electrons. The number of hydrogen-bond acceptors (Lipinski definition) is 11. The monoisotopic (exact) mass is 785 g/mol. The molecule has 0 saturated carbocycles. The Morgan fingerprint density at radius 1 is 0.636 bits per heavy atom. The zero-order valence-corrected chi connectivity index (χ0v) is 34.1. The molecule has 1 aliphatic rings. The number of hydrogen-bond donors (Lipinski definition) is 7. The van der Waals surface area contributed by atoms with Gasteiger partial charge >= 0.3 is 0 Å². The Labute approximate surface area is 330 Å². The third-order valence-corrected chi connectivity index (χ3v) is 10.3. The lowest BCUT2D eigenvalue weighted by Crippen LogP contribution is -2.74. The van der Waals surface area contributed by atoms with Gasteiger partial charge in [0.1, 0.15) is 12.2 Å². The maximum Gasteiger partial charge on any atom is 0.252 e. The van der Waals surface area contributed by atoms with Gasteiger partial charge in [-0.25, -0.2) is 4.90 Å². The van der Waals surface area contributed by atoms with Crippen molar-refractivity contribution in [2.45, 2.75) is 186 Å². The lowest BCUT2D eigenvalue weighted by atomic mass is 9.94. The molecule has 1 fully saturated rings. The second-order valence-corrected chi connectivity index (χ2v) is 14.9. The summed E-state index contributed by atoms with van der Waals surface area (Å²) >= 11 is 0. The molecule has 1 aliphatic heterocycles. The second kappa shape index (κ2) is 30.4. The van der Waals surface area contributed by atoms with Crippen LogP contribution in [0.4, 0.5) is 0 Å². The molecule has 0 unspecified atom stereocenters. The summed E-state index contributed by atoms with van der Waals surface area (Å²) in [6.45, 7) is 1.31. The molecule has 4 atom stereocenters. The number of aliphatic hydroxyl groups excluding tert-OH is 3. The van der Waals surface area contributed by atoms with Gasteiger partial charge in [0.05, 0.1) is 38.9 Å². The van der Waals surface area contributed by atoms with Gasteiger partial charge in [0, 0.05) is 19.4 Å². The number of amides is 5. The van der Waals surface area contributed by atoms with Gasteiger partial charge in [0.25, 0.3) is 11.8 Å². The number of nitrogens with zero attached hydrogens (tertiary/aromatic N) is 2. The normalized spacial score (nSPS) is 19.5. The Morgan fingerprint density at radius 3 is 1.44 bits per heavy atom. The number of unbranched alkanes of at least 4 members (excludes halogenated alkanes) is 19. The molecular formula is C40H76N6O9. The Bertz CT molecular complexity index is 1070. The van der Waals surface area contributed by atoms with Gasteiger partial charge in [0.2, 0.25) is 23.6 Å². The summed E-state index contributed by atoms with van der Waals surface area (Å²) in [4.78, 5) is 68.5. The average Bonchev–Trinajstić information content (AvgIpc) is 3.18. The molecule has 0 bridgehead atoms. The largest absolute Gasteiger partial charge is 0.394 e. The zero-order chi connectivity index (χ0) is 40.9. The SMILES string of the molecule is CCCCCCCCCCCCCCN(C(=O)CCCCCCCCCCC)[C@@]1(N(C(=O)CNC(=O)CN)C(=O)CNC(=O)CN)C[C@@H](O)[C@H](O)[C@@H](CO)O1. The highest BCUT2D eigenvalue weighted by Crippen LogP contribution is 2.37. The van der Waals surface area contributed by atoms with Crippen molar-refractivity contribution in [3.63, 3.8) is 0 Å². The van der Waals surface area contributed by atoms with E-state index < -0.39 is 92.9 Å². The van der Waals surface area contributed by atoms with E-state index in [1.54, 1.807) is 0 Å². The lowest BCUT2D eigenvalue weighted by Gasteiger charge is -2.54. The van der Waals surface area contributed by atoms with Crippen LogP contribution < -0.4 is 22.1 Å². The fraction of sp³-hybridized carbons (Fsp3) is 0.875. The summed E-state index contributed by atoms with van der Waals surface area (Å²) in [7, 11) is 0. The number of nitrogens with one attached hydrogen (secondary N) is 2. The van der Waals surface area contributed by atoms with E-state index in [1.807, 2.05) is 0 Å². The summed E-state index contributed by atoms with van der Waals surface area (Å²) in [6, 6.07) is 0. The topological polar surface area (TPSA) is 238 Å². The molecule has 15 nitrogen and oxygen atoms in total. The molecule has 1 rings (SSSR count). The minimum atomic E-state index is -2.31. The highest BCUT2D eigenvalue weighted by Gasteiger charge is 2.57. The molecule has 0 aliphatic carbocycles. The van der Waals surface area contributed by atoms with Gasteiger partial charge < -0.3 is 42.2 Å². The summed E-state index contributed by atoms with van der Waals surface area (Å²) < 4.78 is 6.26. The van der Waals surface area contributed by atoms with Crippen molar-refractivity contribution < 1.29 is 44.0 Å². The second-order valence-electron chi connectivity index (χ2n) is 14.9. The van der Waals surface area contributed by atoms with Crippen molar-refractivity contribution in [1.82, 2.24) is 20.4 Å². The smallest absolute Gasteiger partial charge is 0.252 e. The average molecular weight is 785 g/mol. The van der Waals surface area contributed by atoms with Gasteiger partial charge in [-0.1, -0.05) is 136 Å². The van der Waals surface area contributed by atoms with Crippen LogP contribution in [-0.4, -0.2) is 118 Å². The summed E-state index contributed by atoms with van der Waals surface area (Å²) in [6.07, 6.45) is 16.9. The fourth-order valence-corrected chi connectivity index (χ4v) is 7.09. The van der Waals surface area contributed by atoms with E-state index in [1.165, 1.54) is 69.1 Å². The third-order valence-electron chi connectivity index (χ3n) is 10.3. The predicted molar refractivity (Wildman–Crippen MR) is 212 cm³/mol. The Kier molecular flexibility index (Phi) is 27.9. The molecule has 5 amide bonds. The van der Waals surface area contributed by atoms with Crippen molar-refractivity contribution in [3.05, 3.63) is 0 Å². The summed E-state index contributed by atoms with van der Waals surface area (Å²) in [5.74, 6) is -6.14. The first kappa shape index (κ1) is 50.3. The van der Waals surface area contributed by atoms with E-state index >= 15 is 0 Å². The highest BCUT2D eigenvalue weighted by atomic mass is 16.6. The van der Waals surface area contributed by atoms with E-state index in [0.29, 0.717) is 17.7 Å². The van der Waals surface area contributed by atoms with Crippen LogP contribution in [0.15, 0.2) is 0 Å². The minimum absolute atomic E-state index is 0.0377. The number of rotatable bonds is 32. The third kappa shape index (κ3) is 19.3. The Hall–Kier alpha value is -2.69. The molecule has 15 heteroatoms. The van der Waals surface area contributed by atoms with Crippen molar-refractivity contribution in [2.24, 2.45) is 11.5 Å². The van der Waals surface area contributed by atoms with Crippen LogP contribution in [0, 0.1) is 0 Å². The maximum atomic E-state index is 14.4. The van der Waals surface area contributed by atoms with Gasteiger partial charge in [0.15, 0.2) is 0 Å². The number of carbonyl (C=O) groups excluding carboxylic acids is 5. The number of nitrogens with two attached hydrogens (primary N) is 2. The Balaban J connectivity index is 3.38. The maximum absolute atomic E-state index is 14.4. The molecular weight excluding hydrogens is 708 g/mol. The number of carbonyl (C=O) groups is 5.